The molecule has 3 rings (SSSR count). The molecule has 1 unspecified atom stereocenters. The number of fused-ring (bicyclic) bond motifs is 1. The smallest absolute Gasteiger partial charge is 0.142 e. The predicted molar refractivity (Wildman–Crippen MR) is 89.2 cm³/mol. The van der Waals surface area contributed by atoms with Gasteiger partial charge in [0.05, 0.1) is 5.02 Å². The van der Waals surface area contributed by atoms with Crippen molar-refractivity contribution >= 4 is 17.4 Å². The Hall–Kier alpha value is -1.61. The highest BCUT2D eigenvalue weighted by Gasteiger charge is 2.41. The van der Waals surface area contributed by atoms with Crippen LogP contribution in [-0.4, -0.2) is 18.1 Å². The first-order valence-electron chi connectivity index (χ1n) is 7.58. The van der Waals surface area contributed by atoms with Gasteiger partial charge in [-0.1, -0.05) is 37.6 Å². The van der Waals surface area contributed by atoms with Crippen LogP contribution in [0.25, 0.3) is 0 Å². The fourth-order valence-corrected chi connectivity index (χ4v) is 3.42. The van der Waals surface area contributed by atoms with Gasteiger partial charge in [0.2, 0.25) is 0 Å². The minimum absolute atomic E-state index is 0.163. The van der Waals surface area contributed by atoms with Crippen molar-refractivity contribution in [3.8, 4) is 0 Å². The lowest BCUT2D eigenvalue weighted by Gasteiger charge is -2.27. The van der Waals surface area contributed by atoms with E-state index < -0.39 is 0 Å². The van der Waals surface area contributed by atoms with Gasteiger partial charge in [0, 0.05) is 30.3 Å². The normalized spacial score (nSPS) is 20.5. The predicted octanol–water partition coefficient (Wildman–Crippen LogP) is 4.66. The van der Waals surface area contributed by atoms with Crippen molar-refractivity contribution in [2.45, 2.75) is 26.2 Å². The highest BCUT2D eigenvalue weighted by atomic mass is 35.5. The second-order valence-corrected chi connectivity index (χ2v) is 7.02. The maximum Gasteiger partial charge on any atom is 0.142 e. The second-order valence-electron chi connectivity index (χ2n) is 6.61. The van der Waals surface area contributed by atoms with Crippen LogP contribution < -0.4 is 4.90 Å². The van der Waals surface area contributed by atoms with E-state index in [-0.39, 0.29) is 16.3 Å². The van der Waals surface area contributed by atoms with Crippen LogP contribution >= 0.6 is 11.6 Å². The third kappa shape index (κ3) is 2.48. The molecular weight excluding hydrogens is 299 g/mol. The fraction of sp³-hybridized carbons (Fsp3) is 0.389. The molecule has 0 amide bonds. The van der Waals surface area contributed by atoms with E-state index in [9.17, 15) is 4.39 Å². The Morgan fingerprint density at radius 2 is 2.14 bits per heavy atom. The summed E-state index contributed by atoms with van der Waals surface area (Å²) in [5.41, 5.74) is 1.82. The molecule has 2 aromatic rings. The summed E-state index contributed by atoms with van der Waals surface area (Å²) in [6.45, 7) is 8.28. The molecule has 0 spiro atoms. The summed E-state index contributed by atoms with van der Waals surface area (Å²) in [5, 5.41) is 0.163. The van der Waals surface area contributed by atoms with E-state index in [1.165, 1.54) is 0 Å². The van der Waals surface area contributed by atoms with Gasteiger partial charge in [-0.25, -0.2) is 9.37 Å². The lowest BCUT2D eigenvalue weighted by molar-refractivity contribution is 0.547. The zero-order chi connectivity index (χ0) is 15.9. The summed E-state index contributed by atoms with van der Waals surface area (Å²) in [5.74, 6) is 1.18. The number of halogens is 2. The first-order chi connectivity index (χ1) is 10.4. The monoisotopic (exact) mass is 318 g/mol. The second kappa shape index (κ2) is 5.54. The molecule has 1 aromatic heterocycles. The van der Waals surface area contributed by atoms with Crippen LogP contribution in [0.1, 0.15) is 31.9 Å². The number of hydrogen-bond acceptors (Lipinski definition) is 2. The van der Waals surface area contributed by atoms with Gasteiger partial charge in [0.25, 0.3) is 0 Å². The van der Waals surface area contributed by atoms with E-state index in [1.807, 2.05) is 18.3 Å². The molecule has 0 aliphatic carbocycles. The molecule has 2 heterocycles. The molecule has 4 heteroatoms. The molecule has 116 valence electrons. The molecule has 22 heavy (non-hydrogen) atoms. The molecule has 1 aliphatic heterocycles. The van der Waals surface area contributed by atoms with Crippen molar-refractivity contribution in [2.75, 3.05) is 18.0 Å². The summed E-state index contributed by atoms with van der Waals surface area (Å²) in [7, 11) is 0. The molecule has 1 aliphatic rings. The van der Waals surface area contributed by atoms with Crippen molar-refractivity contribution in [3.63, 3.8) is 0 Å². The van der Waals surface area contributed by atoms with Crippen molar-refractivity contribution < 1.29 is 4.39 Å². The molecule has 0 bridgehead atoms. The number of benzene rings is 1. The lowest BCUT2D eigenvalue weighted by atomic mass is 9.78. The topological polar surface area (TPSA) is 16.1 Å². The van der Waals surface area contributed by atoms with Crippen LogP contribution in [0.2, 0.25) is 5.02 Å². The van der Waals surface area contributed by atoms with Gasteiger partial charge in [-0.3, -0.25) is 0 Å². The summed E-state index contributed by atoms with van der Waals surface area (Å²) in [6, 6.07) is 9.15. The van der Waals surface area contributed by atoms with Gasteiger partial charge < -0.3 is 4.90 Å². The van der Waals surface area contributed by atoms with E-state index in [0.717, 1.165) is 30.0 Å². The summed E-state index contributed by atoms with van der Waals surface area (Å²) in [6.07, 6.45) is 1.82. The summed E-state index contributed by atoms with van der Waals surface area (Å²) < 4.78 is 13.9. The Labute approximate surface area is 135 Å². The molecule has 1 atom stereocenters. The van der Waals surface area contributed by atoms with Crippen molar-refractivity contribution in [3.05, 3.63) is 58.5 Å². The van der Waals surface area contributed by atoms with E-state index in [1.54, 1.807) is 12.1 Å². The van der Waals surface area contributed by atoms with Crippen LogP contribution in [0, 0.1) is 11.7 Å². The standard InChI is InChI=1S/C18H20ClFN2/c1-12(2)10-22-11-18(3,14-5-4-8-21-17(14)22)13-6-7-15(19)16(20)9-13/h4-9,12H,10-11H2,1-3H3. The van der Waals surface area contributed by atoms with Crippen LogP contribution in [0.5, 0.6) is 0 Å². The summed E-state index contributed by atoms with van der Waals surface area (Å²) in [4.78, 5) is 6.86. The minimum Gasteiger partial charge on any atom is -0.355 e. The van der Waals surface area contributed by atoms with Crippen molar-refractivity contribution in [2.24, 2.45) is 5.92 Å². The third-order valence-corrected chi connectivity index (χ3v) is 4.64. The van der Waals surface area contributed by atoms with Crippen LogP contribution in [0.15, 0.2) is 36.5 Å². The van der Waals surface area contributed by atoms with Gasteiger partial charge in [-0.05, 0) is 36.6 Å². The Morgan fingerprint density at radius 3 is 2.82 bits per heavy atom. The number of aromatic nitrogens is 1. The van der Waals surface area contributed by atoms with Gasteiger partial charge >= 0.3 is 0 Å². The van der Waals surface area contributed by atoms with E-state index in [4.69, 9.17) is 11.6 Å². The first-order valence-corrected chi connectivity index (χ1v) is 7.95. The Morgan fingerprint density at radius 1 is 1.36 bits per heavy atom. The van der Waals surface area contributed by atoms with Crippen molar-refractivity contribution in [1.29, 1.82) is 0 Å². The molecule has 0 saturated carbocycles. The van der Waals surface area contributed by atoms with Gasteiger partial charge in [-0.2, -0.15) is 0 Å². The Kier molecular flexibility index (Phi) is 3.85. The number of hydrogen-bond donors (Lipinski definition) is 0. The lowest BCUT2D eigenvalue weighted by Crippen LogP contribution is -2.34. The number of anilines is 1. The Balaban J connectivity index is 2.08. The van der Waals surface area contributed by atoms with Gasteiger partial charge in [0.1, 0.15) is 11.6 Å². The third-order valence-electron chi connectivity index (χ3n) is 4.33. The maximum atomic E-state index is 13.9. The van der Waals surface area contributed by atoms with Crippen LogP contribution in [0.4, 0.5) is 10.2 Å². The molecule has 0 radical (unpaired) electrons. The summed E-state index contributed by atoms with van der Waals surface area (Å²) >= 11 is 5.83. The SMILES string of the molecule is CC(C)CN1CC(C)(c2ccc(Cl)c(F)c2)c2cccnc21. The average Bonchev–Trinajstić information content (AvgIpc) is 2.76. The van der Waals surface area contributed by atoms with E-state index in [0.29, 0.717) is 5.92 Å². The molecule has 0 fully saturated rings. The first kappa shape index (κ1) is 15.3. The highest BCUT2D eigenvalue weighted by molar-refractivity contribution is 6.30. The molecule has 2 nitrogen and oxygen atoms in total. The van der Waals surface area contributed by atoms with Crippen LogP contribution in [-0.2, 0) is 5.41 Å². The van der Waals surface area contributed by atoms with Crippen LogP contribution in [0.3, 0.4) is 0 Å². The number of pyridine rings is 1. The zero-order valence-electron chi connectivity index (χ0n) is 13.1. The number of rotatable bonds is 3. The highest BCUT2D eigenvalue weighted by Crippen LogP contribution is 2.44. The van der Waals surface area contributed by atoms with E-state index in [2.05, 4.69) is 36.7 Å². The molecule has 1 aromatic carbocycles. The molecule has 0 N–H and O–H groups in total. The van der Waals surface area contributed by atoms with Crippen molar-refractivity contribution in [1.82, 2.24) is 4.98 Å². The Bertz CT molecular complexity index is 701. The fourth-order valence-electron chi connectivity index (χ4n) is 3.30. The molecular formula is C18H20ClFN2. The van der Waals surface area contributed by atoms with Gasteiger partial charge in [-0.15, -0.1) is 0 Å². The van der Waals surface area contributed by atoms with Gasteiger partial charge in [0.15, 0.2) is 0 Å². The quantitative estimate of drug-likeness (QED) is 0.818. The zero-order valence-corrected chi connectivity index (χ0v) is 13.9. The number of nitrogens with zero attached hydrogens (tertiary/aromatic N) is 2. The minimum atomic E-state index is -0.367. The largest absolute Gasteiger partial charge is 0.355 e. The maximum absolute atomic E-state index is 13.9. The molecule has 0 saturated heterocycles. The van der Waals surface area contributed by atoms with E-state index >= 15 is 0 Å². The average molecular weight is 319 g/mol.